The smallest absolute Gasteiger partial charge is 0.245 e. The van der Waals surface area contributed by atoms with Gasteiger partial charge in [0.1, 0.15) is 5.75 Å². The number of hydrogen-bond donors (Lipinski definition) is 1. The van der Waals surface area contributed by atoms with Gasteiger partial charge in [0, 0.05) is 5.69 Å². The largest absolute Gasteiger partial charge is 0.497 e. The maximum absolute atomic E-state index is 5.79. The summed E-state index contributed by atoms with van der Waals surface area (Å²) < 4.78 is 16.0. The Hall–Kier alpha value is -2.86. The van der Waals surface area contributed by atoms with E-state index in [1.54, 1.807) is 14.0 Å². The standard InChI is InChI=1S/C19H21N3O3/c1-14-21-19(25-22-14)11-20-17-5-3-4-16(10-17)13-24-12-15-6-8-18(23-2)9-7-15/h3-10,20H,11-13H2,1-2H3. The molecule has 3 aromatic rings. The molecule has 25 heavy (non-hydrogen) atoms. The summed E-state index contributed by atoms with van der Waals surface area (Å²) >= 11 is 0. The van der Waals surface area contributed by atoms with Crippen molar-refractivity contribution in [1.29, 1.82) is 0 Å². The average Bonchev–Trinajstić information content (AvgIpc) is 3.06. The third-order valence-electron chi connectivity index (χ3n) is 3.64. The van der Waals surface area contributed by atoms with Crippen LogP contribution in [0.1, 0.15) is 22.8 Å². The molecular weight excluding hydrogens is 318 g/mol. The molecule has 0 atom stereocenters. The highest BCUT2D eigenvalue weighted by atomic mass is 16.5. The third-order valence-corrected chi connectivity index (χ3v) is 3.64. The van der Waals surface area contributed by atoms with Crippen LogP contribution in [0, 0.1) is 6.92 Å². The number of anilines is 1. The highest BCUT2D eigenvalue weighted by molar-refractivity contribution is 5.45. The molecular formula is C19H21N3O3. The minimum atomic E-state index is 0.497. The van der Waals surface area contributed by atoms with Gasteiger partial charge in [0.25, 0.3) is 0 Å². The van der Waals surface area contributed by atoms with Crippen molar-refractivity contribution >= 4 is 5.69 Å². The quantitative estimate of drug-likeness (QED) is 0.674. The van der Waals surface area contributed by atoms with Crippen LogP contribution in [-0.4, -0.2) is 17.3 Å². The van der Waals surface area contributed by atoms with E-state index < -0.39 is 0 Å². The van der Waals surface area contributed by atoms with E-state index in [0.717, 1.165) is 22.6 Å². The number of aromatic nitrogens is 2. The van der Waals surface area contributed by atoms with E-state index in [-0.39, 0.29) is 0 Å². The van der Waals surface area contributed by atoms with Crippen molar-refractivity contribution in [2.75, 3.05) is 12.4 Å². The minimum absolute atomic E-state index is 0.497. The van der Waals surface area contributed by atoms with Crippen molar-refractivity contribution in [3.05, 3.63) is 71.4 Å². The van der Waals surface area contributed by atoms with Gasteiger partial charge in [0.05, 0.1) is 26.9 Å². The molecule has 0 spiro atoms. The van der Waals surface area contributed by atoms with Crippen molar-refractivity contribution in [3.63, 3.8) is 0 Å². The molecule has 0 bridgehead atoms. The first-order valence-electron chi connectivity index (χ1n) is 8.05. The summed E-state index contributed by atoms with van der Waals surface area (Å²) in [7, 11) is 1.66. The molecule has 1 heterocycles. The van der Waals surface area contributed by atoms with Gasteiger partial charge in [-0.25, -0.2) is 0 Å². The molecule has 1 N–H and O–H groups in total. The Morgan fingerprint density at radius 3 is 2.56 bits per heavy atom. The summed E-state index contributed by atoms with van der Waals surface area (Å²) in [5, 5.41) is 7.04. The zero-order valence-corrected chi connectivity index (χ0v) is 14.4. The van der Waals surface area contributed by atoms with Crippen LogP contribution >= 0.6 is 0 Å². The van der Waals surface area contributed by atoms with Gasteiger partial charge in [-0.1, -0.05) is 29.4 Å². The molecule has 0 radical (unpaired) electrons. The van der Waals surface area contributed by atoms with Gasteiger partial charge in [-0.3, -0.25) is 0 Å². The topological polar surface area (TPSA) is 69.4 Å². The second-order valence-electron chi connectivity index (χ2n) is 5.63. The second-order valence-corrected chi connectivity index (χ2v) is 5.63. The molecule has 0 saturated heterocycles. The SMILES string of the molecule is COc1ccc(COCc2cccc(NCc3nc(C)no3)c2)cc1. The van der Waals surface area contributed by atoms with Crippen LogP contribution in [0.4, 0.5) is 5.69 Å². The number of nitrogens with one attached hydrogen (secondary N) is 1. The van der Waals surface area contributed by atoms with E-state index in [4.69, 9.17) is 14.0 Å². The van der Waals surface area contributed by atoms with Crippen LogP contribution in [0.5, 0.6) is 5.75 Å². The van der Waals surface area contributed by atoms with E-state index in [1.165, 1.54) is 0 Å². The predicted molar refractivity (Wildman–Crippen MR) is 94.3 cm³/mol. The summed E-state index contributed by atoms with van der Waals surface area (Å²) in [6.45, 7) is 3.40. The molecule has 0 aliphatic heterocycles. The van der Waals surface area contributed by atoms with E-state index >= 15 is 0 Å². The van der Waals surface area contributed by atoms with E-state index in [0.29, 0.717) is 31.5 Å². The Bertz CT molecular complexity index is 800. The van der Waals surface area contributed by atoms with Crippen molar-refractivity contribution < 1.29 is 14.0 Å². The van der Waals surface area contributed by atoms with Crippen LogP contribution in [-0.2, 0) is 24.5 Å². The number of aryl methyl sites for hydroxylation is 1. The van der Waals surface area contributed by atoms with Crippen molar-refractivity contribution in [2.24, 2.45) is 0 Å². The first-order chi connectivity index (χ1) is 12.2. The van der Waals surface area contributed by atoms with Gasteiger partial charge in [0.15, 0.2) is 5.82 Å². The molecule has 0 fully saturated rings. The fraction of sp³-hybridized carbons (Fsp3) is 0.263. The number of benzene rings is 2. The lowest BCUT2D eigenvalue weighted by atomic mass is 10.2. The lowest BCUT2D eigenvalue weighted by Crippen LogP contribution is -2.01. The number of hydrogen-bond acceptors (Lipinski definition) is 6. The van der Waals surface area contributed by atoms with Crippen LogP contribution in [0.2, 0.25) is 0 Å². The summed E-state index contributed by atoms with van der Waals surface area (Å²) in [5.41, 5.74) is 3.20. The van der Waals surface area contributed by atoms with Crippen LogP contribution in [0.3, 0.4) is 0 Å². The molecule has 2 aromatic carbocycles. The highest BCUT2D eigenvalue weighted by Gasteiger charge is 2.03. The first-order valence-corrected chi connectivity index (χ1v) is 8.05. The predicted octanol–water partition coefficient (Wildman–Crippen LogP) is 3.72. The average molecular weight is 339 g/mol. The Morgan fingerprint density at radius 1 is 1.04 bits per heavy atom. The van der Waals surface area contributed by atoms with Crippen LogP contribution in [0.15, 0.2) is 53.1 Å². The molecule has 0 aliphatic carbocycles. The lowest BCUT2D eigenvalue weighted by molar-refractivity contribution is 0.107. The van der Waals surface area contributed by atoms with Crippen molar-refractivity contribution in [1.82, 2.24) is 10.1 Å². The van der Waals surface area contributed by atoms with Crippen molar-refractivity contribution in [2.45, 2.75) is 26.7 Å². The van der Waals surface area contributed by atoms with E-state index in [2.05, 4.69) is 21.5 Å². The molecule has 6 heteroatoms. The normalized spacial score (nSPS) is 10.6. The molecule has 130 valence electrons. The Kier molecular flexibility index (Phi) is 5.64. The van der Waals surface area contributed by atoms with Crippen LogP contribution < -0.4 is 10.1 Å². The number of ether oxygens (including phenoxy) is 2. The molecule has 0 saturated carbocycles. The summed E-state index contributed by atoms with van der Waals surface area (Å²) in [6.07, 6.45) is 0. The fourth-order valence-electron chi connectivity index (χ4n) is 2.37. The molecule has 0 unspecified atom stereocenters. The maximum atomic E-state index is 5.79. The minimum Gasteiger partial charge on any atom is -0.497 e. The number of rotatable bonds is 8. The first kappa shape index (κ1) is 17.0. The summed E-state index contributed by atoms with van der Waals surface area (Å²) in [4.78, 5) is 4.17. The zero-order chi connectivity index (χ0) is 17.5. The fourth-order valence-corrected chi connectivity index (χ4v) is 2.37. The third kappa shape index (κ3) is 5.06. The van der Waals surface area contributed by atoms with Gasteiger partial charge in [-0.05, 0) is 42.3 Å². The number of methoxy groups -OCH3 is 1. The molecule has 0 aliphatic rings. The van der Waals surface area contributed by atoms with E-state index in [1.807, 2.05) is 42.5 Å². The van der Waals surface area contributed by atoms with Crippen molar-refractivity contribution in [3.8, 4) is 5.75 Å². The Labute approximate surface area is 146 Å². The number of nitrogens with zero attached hydrogens (tertiary/aromatic N) is 2. The Morgan fingerprint density at radius 2 is 1.84 bits per heavy atom. The summed E-state index contributed by atoms with van der Waals surface area (Å²) in [6, 6.07) is 16.0. The zero-order valence-electron chi connectivity index (χ0n) is 14.4. The molecule has 0 amide bonds. The van der Waals surface area contributed by atoms with Gasteiger partial charge in [-0.15, -0.1) is 0 Å². The highest BCUT2D eigenvalue weighted by Crippen LogP contribution is 2.15. The lowest BCUT2D eigenvalue weighted by Gasteiger charge is -2.08. The maximum Gasteiger partial charge on any atom is 0.245 e. The molecule has 1 aromatic heterocycles. The molecule has 6 nitrogen and oxygen atoms in total. The van der Waals surface area contributed by atoms with Gasteiger partial charge < -0.3 is 19.3 Å². The summed E-state index contributed by atoms with van der Waals surface area (Å²) in [5.74, 6) is 2.05. The monoisotopic (exact) mass is 339 g/mol. The van der Waals surface area contributed by atoms with Gasteiger partial charge in [-0.2, -0.15) is 4.98 Å². The van der Waals surface area contributed by atoms with Gasteiger partial charge in [0.2, 0.25) is 5.89 Å². The van der Waals surface area contributed by atoms with Crippen LogP contribution in [0.25, 0.3) is 0 Å². The second kappa shape index (κ2) is 8.30. The molecule has 3 rings (SSSR count). The van der Waals surface area contributed by atoms with Gasteiger partial charge >= 0.3 is 0 Å². The Balaban J connectivity index is 1.49. The van der Waals surface area contributed by atoms with E-state index in [9.17, 15) is 0 Å².